The van der Waals surface area contributed by atoms with Crippen molar-refractivity contribution >= 4 is 23.2 Å². The predicted molar refractivity (Wildman–Crippen MR) is 83.8 cm³/mol. The second kappa shape index (κ2) is 7.00. The number of benzene rings is 2. The molecule has 0 saturated carbocycles. The van der Waals surface area contributed by atoms with Gasteiger partial charge in [0.15, 0.2) is 0 Å². The van der Waals surface area contributed by atoms with E-state index in [1.807, 2.05) is 0 Å². The second-order valence-corrected chi connectivity index (χ2v) is 5.24. The van der Waals surface area contributed by atoms with Crippen molar-refractivity contribution in [2.24, 2.45) is 0 Å². The van der Waals surface area contributed by atoms with Gasteiger partial charge in [-0.2, -0.15) is 0 Å². The highest BCUT2D eigenvalue weighted by atomic mass is 35.5. The summed E-state index contributed by atoms with van der Waals surface area (Å²) in [5.74, 6) is -0.538. The van der Waals surface area contributed by atoms with Crippen LogP contribution in [0.5, 0.6) is 11.5 Å². The Morgan fingerprint density at radius 2 is 1.79 bits per heavy atom. The standard InChI is InChI=1S/C16H13ClF3NO3/c1-9-7-13(14(23-2)8-12(9)17)21-15(22)10-3-5-11(6-4-10)24-16(18,19)20/h3-8H,1-2H3,(H,21,22). The van der Waals surface area contributed by atoms with Crippen LogP contribution in [0.2, 0.25) is 5.02 Å². The van der Waals surface area contributed by atoms with Gasteiger partial charge < -0.3 is 14.8 Å². The lowest BCUT2D eigenvalue weighted by molar-refractivity contribution is -0.274. The summed E-state index contributed by atoms with van der Waals surface area (Å²) >= 11 is 5.99. The van der Waals surface area contributed by atoms with Crippen LogP contribution >= 0.6 is 11.6 Å². The smallest absolute Gasteiger partial charge is 0.495 e. The Morgan fingerprint density at radius 3 is 2.33 bits per heavy atom. The first-order chi connectivity index (χ1) is 11.2. The third kappa shape index (κ3) is 4.55. The molecule has 0 fully saturated rings. The van der Waals surface area contributed by atoms with E-state index in [2.05, 4.69) is 10.1 Å². The van der Waals surface area contributed by atoms with Crippen LogP contribution in [0.1, 0.15) is 15.9 Å². The molecule has 0 heterocycles. The van der Waals surface area contributed by atoms with Crippen molar-refractivity contribution in [2.45, 2.75) is 13.3 Å². The van der Waals surface area contributed by atoms with Crippen LogP contribution in [-0.2, 0) is 0 Å². The van der Waals surface area contributed by atoms with E-state index in [0.29, 0.717) is 16.5 Å². The quantitative estimate of drug-likeness (QED) is 0.852. The molecular formula is C16H13ClF3NO3. The summed E-state index contributed by atoms with van der Waals surface area (Å²) in [6.07, 6.45) is -4.78. The molecule has 0 atom stereocenters. The monoisotopic (exact) mass is 359 g/mol. The third-order valence-corrected chi connectivity index (χ3v) is 3.49. The van der Waals surface area contributed by atoms with Crippen molar-refractivity contribution in [1.29, 1.82) is 0 Å². The number of carbonyl (C=O) groups is 1. The molecule has 2 aromatic carbocycles. The topological polar surface area (TPSA) is 47.6 Å². The summed E-state index contributed by atoms with van der Waals surface area (Å²) in [7, 11) is 1.43. The third-order valence-electron chi connectivity index (χ3n) is 3.08. The van der Waals surface area contributed by atoms with Gasteiger partial charge in [0, 0.05) is 16.7 Å². The van der Waals surface area contributed by atoms with E-state index in [4.69, 9.17) is 16.3 Å². The number of rotatable bonds is 4. The van der Waals surface area contributed by atoms with Crippen molar-refractivity contribution in [1.82, 2.24) is 0 Å². The lowest BCUT2D eigenvalue weighted by Gasteiger charge is -2.13. The fraction of sp³-hybridized carbons (Fsp3) is 0.188. The normalized spacial score (nSPS) is 11.1. The lowest BCUT2D eigenvalue weighted by Crippen LogP contribution is -2.17. The Balaban J connectivity index is 2.17. The lowest BCUT2D eigenvalue weighted by atomic mass is 10.1. The summed E-state index contributed by atoms with van der Waals surface area (Å²) in [5, 5.41) is 3.11. The number of aryl methyl sites for hydroxylation is 1. The van der Waals surface area contributed by atoms with Crippen LogP contribution in [0.4, 0.5) is 18.9 Å². The minimum atomic E-state index is -4.78. The molecule has 2 aromatic rings. The maximum absolute atomic E-state index is 12.2. The number of hydrogen-bond acceptors (Lipinski definition) is 3. The van der Waals surface area contributed by atoms with E-state index in [1.54, 1.807) is 19.1 Å². The second-order valence-electron chi connectivity index (χ2n) is 4.83. The summed E-state index contributed by atoms with van der Waals surface area (Å²) in [4.78, 5) is 12.2. The van der Waals surface area contributed by atoms with Gasteiger partial charge in [0.2, 0.25) is 0 Å². The SMILES string of the molecule is COc1cc(Cl)c(C)cc1NC(=O)c1ccc(OC(F)(F)F)cc1. The van der Waals surface area contributed by atoms with Crippen LogP contribution < -0.4 is 14.8 Å². The summed E-state index contributed by atoms with van der Waals surface area (Å²) in [6.45, 7) is 1.76. The molecule has 0 spiro atoms. The Kier molecular flexibility index (Phi) is 5.23. The highest BCUT2D eigenvalue weighted by Crippen LogP contribution is 2.31. The molecule has 0 aromatic heterocycles. The van der Waals surface area contributed by atoms with Crippen LogP contribution in [0.3, 0.4) is 0 Å². The summed E-state index contributed by atoms with van der Waals surface area (Å²) < 4.78 is 45.2. The predicted octanol–water partition coefficient (Wildman–Crippen LogP) is 4.81. The number of hydrogen-bond donors (Lipinski definition) is 1. The van der Waals surface area contributed by atoms with E-state index >= 15 is 0 Å². The average molecular weight is 360 g/mol. The van der Waals surface area contributed by atoms with Gasteiger partial charge in [0.25, 0.3) is 5.91 Å². The fourth-order valence-corrected chi connectivity index (χ4v) is 2.09. The molecule has 0 bridgehead atoms. The van der Waals surface area contributed by atoms with Gasteiger partial charge in [0.1, 0.15) is 11.5 Å². The van der Waals surface area contributed by atoms with Gasteiger partial charge in [-0.05, 0) is 42.8 Å². The van der Waals surface area contributed by atoms with Crippen molar-refractivity contribution in [3.63, 3.8) is 0 Å². The van der Waals surface area contributed by atoms with E-state index < -0.39 is 18.0 Å². The number of amides is 1. The maximum atomic E-state index is 12.2. The molecule has 0 unspecified atom stereocenters. The van der Waals surface area contributed by atoms with Crippen LogP contribution in [0, 0.1) is 6.92 Å². The fourth-order valence-electron chi connectivity index (χ4n) is 1.93. The minimum absolute atomic E-state index is 0.166. The molecule has 128 valence electrons. The highest BCUT2D eigenvalue weighted by molar-refractivity contribution is 6.31. The number of nitrogens with one attached hydrogen (secondary N) is 1. The molecule has 2 rings (SSSR count). The number of carbonyl (C=O) groups excluding carboxylic acids is 1. The maximum Gasteiger partial charge on any atom is 0.573 e. The molecule has 0 radical (unpaired) electrons. The Morgan fingerprint density at radius 1 is 1.17 bits per heavy atom. The van der Waals surface area contributed by atoms with Gasteiger partial charge in [-0.25, -0.2) is 0 Å². The number of halogens is 4. The molecule has 0 aliphatic heterocycles. The number of anilines is 1. The molecule has 0 saturated heterocycles. The first kappa shape index (κ1) is 17.9. The zero-order valence-corrected chi connectivity index (χ0v) is 13.5. The van der Waals surface area contributed by atoms with E-state index in [0.717, 1.165) is 17.7 Å². The van der Waals surface area contributed by atoms with Gasteiger partial charge in [0.05, 0.1) is 12.8 Å². The van der Waals surface area contributed by atoms with Crippen molar-refractivity contribution in [3.8, 4) is 11.5 Å². The van der Waals surface area contributed by atoms with Crippen molar-refractivity contribution in [2.75, 3.05) is 12.4 Å². The molecule has 1 N–H and O–H groups in total. The molecule has 0 aliphatic rings. The Hall–Kier alpha value is -2.41. The van der Waals surface area contributed by atoms with Crippen LogP contribution in [0.15, 0.2) is 36.4 Å². The van der Waals surface area contributed by atoms with Gasteiger partial charge in [-0.15, -0.1) is 13.2 Å². The van der Waals surface area contributed by atoms with Crippen molar-refractivity contribution < 1.29 is 27.4 Å². The summed E-state index contributed by atoms with van der Waals surface area (Å²) in [5.41, 5.74) is 1.31. The molecule has 1 amide bonds. The molecule has 8 heteroatoms. The highest BCUT2D eigenvalue weighted by Gasteiger charge is 2.31. The van der Waals surface area contributed by atoms with Crippen LogP contribution in [0.25, 0.3) is 0 Å². The van der Waals surface area contributed by atoms with E-state index in [-0.39, 0.29) is 5.56 Å². The van der Waals surface area contributed by atoms with E-state index in [1.165, 1.54) is 19.2 Å². The van der Waals surface area contributed by atoms with Gasteiger partial charge in [-0.1, -0.05) is 11.6 Å². The summed E-state index contributed by atoms with van der Waals surface area (Å²) in [6, 6.07) is 7.78. The zero-order chi connectivity index (χ0) is 17.9. The number of ether oxygens (including phenoxy) is 2. The first-order valence-corrected chi connectivity index (χ1v) is 7.08. The number of alkyl halides is 3. The van der Waals surface area contributed by atoms with Crippen LogP contribution in [-0.4, -0.2) is 19.4 Å². The molecule has 4 nitrogen and oxygen atoms in total. The number of methoxy groups -OCH3 is 1. The molecular weight excluding hydrogens is 347 g/mol. The van der Waals surface area contributed by atoms with Crippen molar-refractivity contribution in [3.05, 3.63) is 52.5 Å². The average Bonchev–Trinajstić information content (AvgIpc) is 2.49. The van der Waals surface area contributed by atoms with Gasteiger partial charge in [-0.3, -0.25) is 4.79 Å². The van der Waals surface area contributed by atoms with E-state index in [9.17, 15) is 18.0 Å². The first-order valence-electron chi connectivity index (χ1n) is 6.71. The largest absolute Gasteiger partial charge is 0.573 e. The minimum Gasteiger partial charge on any atom is -0.495 e. The zero-order valence-electron chi connectivity index (χ0n) is 12.7. The Labute approximate surface area is 141 Å². The molecule has 0 aliphatic carbocycles. The van der Waals surface area contributed by atoms with Gasteiger partial charge >= 0.3 is 6.36 Å². The Bertz CT molecular complexity index is 745. The molecule has 24 heavy (non-hydrogen) atoms.